The molecule has 0 aromatic heterocycles. The standard InChI is InChI=1S/C13H24N2O5/c1-13(11(16)17)3-6-15(7-4-13)12(18)14-5-8-20-10-9-19-2/h3-10H2,1-2H3,(H,14,18)(H,16,17). The highest BCUT2D eigenvalue weighted by Gasteiger charge is 2.37. The van der Waals surface area contributed by atoms with Crippen LogP contribution in [0.25, 0.3) is 0 Å². The summed E-state index contributed by atoms with van der Waals surface area (Å²) in [6.45, 7) is 4.60. The number of piperidine rings is 1. The van der Waals surface area contributed by atoms with E-state index in [1.807, 2.05) is 0 Å². The van der Waals surface area contributed by atoms with Crippen molar-refractivity contribution in [1.29, 1.82) is 0 Å². The van der Waals surface area contributed by atoms with Gasteiger partial charge >= 0.3 is 12.0 Å². The van der Waals surface area contributed by atoms with Crippen LogP contribution in [0, 0.1) is 5.41 Å². The molecule has 2 N–H and O–H groups in total. The van der Waals surface area contributed by atoms with Gasteiger partial charge in [0.2, 0.25) is 0 Å². The van der Waals surface area contributed by atoms with Gasteiger partial charge in [-0.05, 0) is 19.8 Å². The molecule has 0 radical (unpaired) electrons. The minimum Gasteiger partial charge on any atom is -0.481 e. The number of nitrogens with zero attached hydrogens (tertiary/aromatic N) is 1. The molecule has 0 atom stereocenters. The molecule has 0 unspecified atom stereocenters. The van der Waals surface area contributed by atoms with E-state index in [-0.39, 0.29) is 6.03 Å². The van der Waals surface area contributed by atoms with Gasteiger partial charge in [0.05, 0.1) is 25.2 Å². The van der Waals surface area contributed by atoms with Gasteiger partial charge in [0.25, 0.3) is 0 Å². The molecular formula is C13H24N2O5. The number of methoxy groups -OCH3 is 1. The topological polar surface area (TPSA) is 88.1 Å². The van der Waals surface area contributed by atoms with Crippen LogP contribution in [-0.2, 0) is 14.3 Å². The molecule has 0 aromatic rings. The van der Waals surface area contributed by atoms with Gasteiger partial charge in [-0.25, -0.2) is 4.79 Å². The minimum atomic E-state index is -0.788. The molecule has 0 aliphatic carbocycles. The lowest BCUT2D eigenvalue weighted by molar-refractivity contribution is -0.150. The summed E-state index contributed by atoms with van der Waals surface area (Å²) in [5.41, 5.74) is -0.708. The second kappa shape index (κ2) is 8.06. The zero-order chi connectivity index (χ0) is 15.0. The average molecular weight is 288 g/mol. The van der Waals surface area contributed by atoms with E-state index < -0.39 is 11.4 Å². The Bertz CT molecular complexity index is 327. The van der Waals surface area contributed by atoms with E-state index in [0.29, 0.717) is 52.3 Å². The number of nitrogens with one attached hydrogen (secondary N) is 1. The summed E-state index contributed by atoms with van der Waals surface area (Å²) < 4.78 is 10.1. The highest BCUT2D eigenvalue weighted by molar-refractivity contribution is 5.76. The summed E-state index contributed by atoms with van der Waals surface area (Å²) in [5, 5.41) is 11.9. The van der Waals surface area contributed by atoms with Crippen molar-refractivity contribution in [2.75, 3.05) is 46.6 Å². The first kappa shape index (κ1) is 16.7. The maximum absolute atomic E-state index is 11.9. The van der Waals surface area contributed by atoms with E-state index in [1.165, 1.54) is 0 Å². The molecule has 1 aliphatic heterocycles. The van der Waals surface area contributed by atoms with Crippen molar-refractivity contribution in [3.63, 3.8) is 0 Å². The molecule has 1 heterocycles. The Hall–Kier alpha value is -1.34. The zero-order valence-corrected chi connectivity index (χ0v) is 12.2. The lowest BCUT2D eigenvalue weighted by Gasteiger charge is -2.36. The van der Waals surface area contributed by atoms with E-state index in [2.05, 4.69) is 5.32 Å². The summed E-state index contributed by atoms with van der Waals surface area (Å²) in [4.78, 5) is 24.6. The molecule has 0 aromatic carbocycles. The monoisotopic (exact) mass is 288 g/mol. The Morgan fingerprint density at radius 3 is 2.45 bits per heavy atom. The van der Waals surface area contributed by atoms with Gasteiger partial charge < -0.3 is 24.8 Å². The van der Waals surface area contributed by atoms with Crippen LogP contribution < -0.4 is 5.32 Å². The number of carboxylic acid groups (broad SMARTS) is 1. The Morgan fingerprint density at radius 1 is 1.25 bits per heavy atom. The molecule has 0 saturated carbocycles. The second-order valence-corrected chi connectivity index (χ2v) is 5.19. The first-order valence-corrected chi connectivity index (χ1v) is 6.82. The highest BCUT2D eigenvalue weighted by atomic mass is 16.5. The van der Waals surface area contributed by atoms with Crippen molar-refractivity contribution in [3.8, 4) is 0 Å². The maximum Gasteiger partial charge on any atom is 0.317 e. The number of hydrogen-bond acceptors (Lipinski definition) is 4. The molecule has 1 saturated heterocycles. The lowest BCUT2D eigenvalue weighted by atomic mass is 9.80. The number of carboxylic acids is 1. The van der Waals surface area contributed by atoms with Crippen LogP contribution in [0.3, 0.4) is 0 Å². The van der Waals surface area contributed by atoms with Crippen molar-refractivity contribution in [2.45, 2.75) is 19.8 Å². The fraction of sp³-hybridized carbons (Fsp3) is 0.846. The molecule has 0 bridgehead atoms. The third-order valence-electron chi connectivity index (χ3n) is 3.62. The number of carbonyl (C=O) groups is 2. The quantitative estimate of drug-likeness (QED) is 0.668. The molecule has 1 rings (SSSR count). The van der Waals surface area contributed by atoms with Gasteiger partial charge in [-0.2, -0.15) is 0 Å². The van der Waals surface area contributed by atoms with Crippen molar-refractivity contribution >= 4 is 12.0 Å². The van der Waals surface area contributed by atoms with Gasteiger partial charge in [-0.3, -0.25) is 4.79 Å². The van der Waals surface area contributed by atoms with Crippen LogP contribution in [-0.4, -0.2) is 68.6 Å². The van der Waals surface area contributed by atoms with Crippen LogP contribution in [0.5, 0.6) is 0 Å². The van der Waals surface area contributed by atoms with Crippen LogP contribution in [0.1, 0.15) is 19.8 Å². The largest absolute Gasteiger partial charge is 0.481 e. The Balaban J connectivity index is 2.18. The Labute approximate surface area is 119 Å². The molecule has 20 heavy (non-hydrogen) atoms. The predicted octanol–water partition coefficient (Wildman–Crippen LogP) is 0.546. The SMILES string of the molecule is COCCOCCNC(=O)N1CCC(C)(C(=O)O)CC1. The van der Waals surface area contributed by atoms with Crippen LogP contribution in [0.4, 0.5) is 4.79 Å². The molecule has 116 valence electrons. The number of rotatable bonds is 7. The molecule has 0 spiro atoms. The Kier molecular flexibility index (Phi) is 6.74. The van der Waals surface area contributed by atoms with Crippen molar-refractivity contribution in [3.05, 3.63) is 0 Å². The van der Waals surface area contributed by atoms with E-state index in [9.17, 15) is 9.59 Å². The molecule has 1 fully saturated rings. The van der Waals surface area contributed by atoms with E-state index in [1.54, 1.807) is 18.9 Å². The normalized spacial score (nSPS) is 17.8. The summed E-state index contributed by atoms with van der Waals surface area (Å²) >= 11 is 0. The number of amides is 2. The first-order chi connectivity index (χ1) is 9.49. The van der Waals surface area contributed by atoms with Gasteiger partial charge in [-0.1, -0.05) is 0 Å². The summed E-state index contributed by atoms with van der Waals surface area (Å²) in [6, 6.07) is -0.159. The second-order valence-electron chi connectivity index (χ2n) is 5.19. The van der Waals surface area contributed by atoms with E-state index >= 15 is 0 Å². The smallest absolute Gasteiger partial charge is 0.317 e. The number of aliphatic carboxylic acids is 1. The number of hydrogen-bond donors (Lipinski definition) is 2. The third-order valence-corrected chi connectivity index (χ3v) is 3.62. The molecule has 1 aliphatic rings. The van der Waals surface area contributed by atoms with Gasteiger partial charge in [0.1, 0.15) is 0 Å². The Morgan fingerprint density at radius 2 is 1.90 bits per heavy atom. The number of carbonyl (C=O) groups excluding carboxylic acids is 1. The van der Waals surface area contributed by atoms with Crippen molar-refractivity contribution in [2.24, 2.45) is 5.41 Å². The highest BCUT2D eigenvalue weighted by Crippen LogP contribution is 2.30. The fourth-order valence-corrected chi connectivity index (χ4v) is 2.00. The molecular weight excluding hydrogens is 264 g/mol. The van der Waals surface area contributed by atoms with Crippen molar-refractivity contribution < 1.29 is 24.2 Å². The van der Waals surface area contributed by atoms with Gasteiger partial charge in [0.15, 0.2) is 0 Å². The zero-order valence-electron chi connectivity index (χ0n) is 12.2. The number of likely N-dealkylation sites (tertiary alicyclic amines) is 1. The number of urea groups is 1. The van der Waals surface area contributed by atoms with Gasteiger partial charge in [0, 0.05) is 26.7 Å². The molecule has 2 amide bonds. The summed E-state index contributed by atoms with van der Waals surface area (Å²) in [7, 11) is 1.60. The van der Waals surface area contributed by atoms with Gasteiger partial charge in [-0.15, -0.1) is 0 Å². The molecule has 7 nitrogen and oxygen atoms in total. The first-order valence-electron chi connectivity index (χ1n) is 6.82. The maximum atomic E-state index is 11.9. The summed E-state index contributed by atoms with van der Waals surface area (Å²) in [5.74, 6) is -0.788. The molecule has 7 heteroatoms. The van der Waals surface area contributed by atoms with E-state index in [4.69, 9.17) is 14.6 Å². The fourth-order valence-electron chi connectivity index (χ4n) is 2.00. The van der Waals surface area contributed by atoms with Crippen LogP contribution in [0.2, 0.25) is 0 Å². The lowest BCUT2D eigenvalue weighted by Crippen LogP contribution is -2.49. The number of ether oxygens (including phenoxy) is 2. The predicted molar refractivity (Wildman–Crippen MR) is 72.6 cm³/mol. The third kappa shape index (κ3) is 4.97. The van der Waals surface area contributed by atoms with E-state index in [0.717, 1.165) is 0 Å². The summed E-state index contributed by atoms with van der Waals surface area (Å²) in [6.07, 6.45) is 0.972. The minimum absolute atomic E-state index is 0.159. The van der Waals surface area contributed by atoms with Crippen molar-refractivity contribution in [1.82, 2.24) is 10.2 Å². The van der Waals surface area contributed by atoms with Crippen LogP contribution >= 0.6 is 0 Å². The average Bonchev–Trinajstić information content (AvgIpc) is 2.43. The van der Waals surface area contributed by atoms with Crippen LogP contribution in [0.15, 0.2) is 0 Å².